The first-order valence-electron chi connectivity index (χ1n) is 3.81. The van der Waals surface area contributed by atoms with Gasteiger partial charge in [-0.15, -0.1) is 5.23 Å². The van der Waals surface area contributed by atoms with E-state index in [2.05, 4.69) is 0 Å². The van der Waals surface area contributed by atoms with E-state index >= 15 is 0 Å². The first-order chi connectivity index (χ1) is 6.55. The number of carboxylic acids is 1. The number of hydrazine groups is 1. The number of alkyl halides is 1. The number of halogens is 2. The van der Waals surface area contributed by atoms with Gasteiger partial charge in [-0.05, 0) is 6.07 Å². The fourth-order valence-corrected chi connectivity index (χ4v) is 1.35. The molecule has 0 saturated heterocycles. The van der Waals surface area contributed by atoms with Crippen LogP contribution in [0, 0.1) is 0 Å². The predicted octanol–water partition coefficient (Wildman–Crippen LogP) is 1.10. The van der Waals surface area contributed by atoms with Crippen LogP contribution in [0.3, 0.4) is 0 Å². The van der Waals surface area contributed by atoms with Gasteiger partial charge in [0.2, 0.25) is 0 Å². The largest absolute Gasteiger partial charge is 0.478 e. The number of hydrogen-bond donors (Lipinski definition) is 2. The summed E-state index contributed by atoms with van der Waals surface area (Å²) in [5.41, 5.74) is 1.23. The Balaban J connectivity index is 2.59. The molecule has 1 aliphatic rings. The molecule has 14 heavy (non-hydrogen) atoms. The third-order valence-electron chi connectivity index (χ3n) is 2.03. The highest BCUT2D eigenvalue weighted by atomic mass is 19.2. The van der Waals surface area contributed by atoms with E-state index in [-0.39, 0.29) is 16.5 Å². The summed E-state index contributed by atoms with van der Waals surface area (Å²) in [6.45, 7) is 0. The standard InChI is InChI=1S/C8H6F2N2O2/c9-8(7(13)14)5-3-1-2-4-6(5)12(10)11-8/h1-4,11H,(H,13,14). The van der Waals surface area contributed by atoms with Crippen molar-refractivity contribution in [2.75, 3.05) is 5.23 Å². The number of nitrogens with zero attached hydrogens (tertiary/aromatic N) is 1. The zero-order chi connectivity index (χ0) is 10.3. The van der Waals surface area contributed by atoms with Crippen molar-refractivity contribution in [3.05, 3.63) is 29.8 Å². The molecule has 4 nitrogen and oxygen atoms in total. The molecular weight excluding hydrogens is 194 g/mol. The van der Waals surface area contributed by atoms with E-state index in [0.717, 1.165) is 0 Å². The first kappa shape index (κ1) is 8.89. The Labute approximate surface area is 77.7 Å². The van der Waals surface area contributed by atoms with E-state index in [9.17, 15) is 13.7 Å². The van der Waals surface area contributed by atoms with Crippen molar-refractivity contribution in [3.8, 4) is 0 Å². The normalized spacial score (nSPS) is 24.9. The average molecular weight is 200 g/mol. The molecule has 1 aliphatic heterocycles. The lowest BCUT2D eigenvalue weighted by Gasteiger charge is -2.14. The summed E-state index contributed by atoms with van der Waals surface area (Å²) in [7, 11) is 0. The van der Waals surface area contributed by atoms with Crippen LogP contribution in [0.15, 0.2) is 24.3 Å². The number of carbonyl (C=O) groups is 1. The molecule has 1 atom stereocenters. The number of benzene rings is 1. The fourth-order valence-electron chi connectivity index (χ4n) is 1.35. The van der Waals surface area contributed by atoms with Gasteiger partial charge in [0.1, 0.15) is 0 Å². The van der Waals surface area contributed by atoms with Crippen LogP contribution in [0.2, 0.25) is 0 Å². The average Bonchev–Trinajstić information content (AvgIpc) is 2.42. The minimum absolute atomic E-state index is 0.127. The van der Waals surface area contributed by atoms with Crippen LogP contribution < -0.4 is 10.7 Å². The summed E-state index contributed by atoms with van der Waals surface area (Å²) in [6, 6.07) is 5.43. The summed E-state index contributed by atoms with van der Waals surface area (Å²) in [5, 5.41) is 8.47. The second kappa shape index (κ2) is 2.65. The van der Waals surface area contributed by atoms with Gasteiger partial charge in [-0.3, -0.25) is 0 Å². The number of nitrogens with one attached hydrogen (secondary N) is 1. The maximum atomic E-state index is 13.7. The Hall–Kier alpha value is -1.69. The number of aliphatic carboxylic acids is 1. The number of hydrogen-bond acceptors (Lipinski definition) is 3. The van der Waals surface area contributed by atoms with Crippen LogP contribution in [0.25, 0.3) is 0 Å². The number of anilines is 1. The van der Waals surface area contributed by atoms with E-state index in [0.29, 0.717) is 0 Å². The summed E-state index contributed by atoms with van der Waals surface area (Å²) < 4.78 is 26.7. The second-order valence-corrected chi connectivity index (χ2v) is 2.87. The number of rotatable bonds is 1. The Morgan fingerprint density at radius 2 is 2.14 bits per heavy atom. The lowest BCUT2D eigenvalue weighted by atomic mass is 10.1. The van der Waals surface area contributed by atoms with Crippen LogP contribution in [0.1, 0.15) is 5.56 Å². The molecule has 1 unspecified atom stereocenters. The molecule has 1 aromatic rings. The summed E-state index contributed by atoms with van der Waals surface area (Å²) >= 11 is 0. The van der Waals surface area contributed by atoms with Crippen molar-refractivity contribution in [2.24, 2.45) is 0 Å². The molecule has 0 fully saturated rings. The van der Waals surface area contributed by atoms with Crippen molar-refractivity contribution in [3.63, 3.8) is 0 Å². The smallest absolute Gasteiger partial charge is 0.363 e. The third-order valence-corrected chi connectivity index (χ3v) is 2.03. The van der Waals surface area contributed by atoms with Gasteiger partial charge in [-0.2, -0.15) is 5.43 Å². The van der Waals surface area contributed by atoms with Crippen LogP contribution in [0.4, 0.5) is 14.6 Å². The third kappa shape index (κ3) is 0.973. The second-order valence-electron chi connectivity index (χ2n) is 2.87. The van der Waals surface area contributed by atoms with Crippen LogP contribution in [-0.2, 0) is 10.6 Å². The molecule has 0 amide bonds. The maximum absolute atomic E-state index is 13.7. The fraction of sp³-hybridized carbons (Fsp3) is 0.125. The topological polar surface area (TPSA) is 52.6 Å². The predicted molar refractivity (Wildman–Crippen MR) is 43.6 cm³/mol. The number of carboxylic acid groups (broad SMARTS) is 1. The molecule has 0 spiro atoms. The van der Waals surface area contributed by atoms with Crippen molar-refractivity contribution in [1.82, 2.24) is 5.43 Å². The molecule has 0 saturated carbocycles. The molecule has 1 heterocycles. The lowest BCUT2D eigenvalue weighted by Crippen LogP contribution is -2.45. The molecular formula is C8H6F2N2O2. The molecule has 2 N–H and O–H groups in total. The minimum atomic E-state index is -2.88. The van der Waals surface area contributed by atoms with Crippen LogP contribution in [-0.4, -0.2) is 11.1 Å². The van der Waals surface area contributed by atoms with Gasteiger partial charge in [0.15, 0.2) is 0 Å². The van der Waals surface area contributed by atoms with Crippen molar-refractivity contribution in [1.29, 1.82) is 0 Å². The highest BCUT2D eigenvalue weighted by Gasteiger charge is 2.50. The van der Waals surface area contributed by atoms with E-state index in [1.807, 2.05) is 0 Å². The number of para-hydroxylation sites is 1. The Kier molecular flexibility index (Phi) is 1.68. The van der Waals surface area contributed by atoms with Crippen molar-refractivity contribution >= 4 is 11.7 Å². The summed E-state index contributed by atoms with van der Waals surface area (Å²) in [6.07, 6.45) is 0. The van der Waals surface area contributed by atoms with Gasteiger partial charge >= 0.3 is 11.8 Å². The summed E-state index contributed by atoms with van der Waals surface area (Å²) in [5.74, 6) is -4.66. The van der Waals surface area contributed by atoms with Gasteiger partial charge in [0, 0.05) is 5.56 Å². The van der Waals surface area contributed by atoms with Gasteiger partial charge in [0.05, 0.1) is 5.69 Å². The molecule has 0 bridgehead atoms. The van der Waals surface area contributed by atoms with E-state index < -0.39 is 11.8 Å². The summed E-state index contributed by atoms with van der Waals surface area (Å²) in [4.78, 5) is 10.6. The molecule has 0 aromatic heterocycles. The Morgan fingerprint density at radius 3 is 2.79 bits per heavy atom. The molecule has 0 aliphatic carbocycles. The van der Waals surface area contributed by atoms with Gasteiger partial charge in [0.25, 0.3) is 0 Å². The van der Waals surface area contributed by atoms with Crippen LogP contribution in [0.5, 0.6) is 0 Å². The van der Waals surface area contributed by atoms with Gasteiger partial charge < -0.3 is 5.11 Å². The first-order valence-corrected chi connectivity index (χ1v) is 3.81. The Morgan fingerprint density at radius 1 is 1.50 bits per heavy atom. The van der Waals surface area contributed by atoms with Crippen molar-refractivity contribution in [2.45, 2.75) is 5.79 Å². The van der Waals surface area contributed by atoms with E-state index in [4.69, 9.17) is 5.11 Å². The zero-order valence-electron chi connectivity index (χ0n) is 6.87. The minimum Gasteiger partial charge on any atom is -0.478 e. The van der Waals surface area contributed by atoms with Gasteiger partial charge in [-0.25, -0.2) is 9.18 Å². The SMILES string of the molecule is O=C(O)C1(F)NN(F)c2ccccc21. The molecule has 2 rings (SSSR count). The monoisotopic (exact) mass is 200 g/mol. The van der Waals surface area contributed by atoms with Gasteiger partial charge in [-0.1, -0.05) is 22.7 Å². The van der Waals surface area contributed by atoms with Crippen molar-refractivity contribution < 1.29 is 18.8 Å². The highest BCUT2D eigenvalue weighted by Crippen LogP contribution is 2.38. The highest BCUT2D eigenvalue weighted by molar-refractivity contribution is 5.83. The Bertz CT molecular complexity index is 399. The molecule has 0 radical (unpaired) electrons. The molecule has 6 heteroatoms. The quantitative estimate of drug-likeness (QED) is 0.526. The molecule has 74 valence electrons. The lowest BCUT2D eigenvalue weighted by molar-refractivity contribution is -0.154. The van der Waals surface area contributed by atoms with E-state index in [1.165, 1.54) is 24.3 Å². The zero-order valence-corrected chi connectivity index (χ0v) is 6.87. The molecule has 1 aromatic carbocycles. The van der Waals surface area contributed by atoms with Crippen LogP contribution >= 0.6 is 0 Å². The maximum Gasteiger partial charge on any atom is 0.363 e. The van der Waals surface area contributed by atoms with E-state index in [1.54, 1.807) is 5.43 Å². The number of fused-ring (bicyclic) bond motifs is 1.